The molecule has 1 aromatic heterocycles. The highest BCUT2D eigenvalue weighted by molar-refractivity contribution is 5.91. The second kappa shape index (κ2) is 12.5. The summed E-state index contributed by atoms with van der Waals surface area (Å²) in [6, 6.07) is 2.90. The van der Waals surface area contributed by atoms with Crippen LogP contribution in [0, 0.1) is 27.9 Å². The zero-order valence-corrected chi connectivity index (χ0v) is 19.1. The monoisotopic (exact) mass is 462 g/mol. The third kappa shape index (κ3) is 6.88. The Labute approximate surface area is 193 Å². The lowest BCUT2D eigenvalue weighted by Crippen LogP contribution is -2.42. The summed E-state index contributed by atoms with van der Waals surface area (Å²) in [4.78, 5) is 27.0. The standard InChI is InChI=1S/C23H34N4O6/c1-2-32-23-18(8-5-13-28)19(16-6-3-4-7-16)14-20(33-23)22(29)25-12-11-24-21-10-9-17(15-26-21)27(30)31/h9-10,14-16,18-19,23,28H,2-8,11-13H2,1H3,(H,24,26)(H,25,29)/t18-,19+,23+/m1/s1. The Morgan fingerprint density at radius 2 is 2.12 bits per heavy atom. The van der Waals surface area contributed by atoms with Gasteiger partial charge in [0.1, 0.15) is 12.0 Å². The van der Waals surface area contributed by atoms with Crippen LogP contribution in [0.3, 0.4) is 0 Å². The molecule has 0 saturated heterocycles. The van der Waals surface area contributed by atoms with Gasteiger partial charge in [-0.3, -0.25) is 14.9 Å². The molecule has 3 rings (SSSR count). The number of hydrogen-bond donors (Lipinski definition) is 3. The van der Waals surface area contributed by atoms with Gasteiger partial charge in [-0.25, -0.2) is 4.98 Å². The van der Waals surface area contributed by atoms with Crippen molar-refractivity contribution >= 4 is 17.4 Å². The van der Waals surface area contributed by atoms with Crippen LogP contribution in [0.5, 0.6) is 0 Å². The van der Waals surface area contributed by atoms with E-state index in [1.54, 1.807) is 0 Å². The van der Waals surface area contributed by atoms with E-state index in [1.165, 1.54) is 31.2 Å². The smallest absolute Gasteiger partial charge is 0.287 e. The lowest BCUT2D eigenvalue weighted by atomic mass is 9.76. The number of anilines is 1. The number of nitrogens with zero attached hydrogens (tertiary/aromatic N) is 2. The number of amides is 1. The van der Waals surface area contributed by atoms with Crippen LogP contribution in [0.15, 0.2) is 30.2 Å². The van der Waals surface area contributed by atoms with Gasteiger partial charge in [0.15, 0.2) is 5.76 Å². The van der Waals surface area contributed by atoms with Crippen LogP contribution in [0.25, 0.3) is 0 Å². The number of aliphatic hydroxyl groups excluding tert-OH is 1. The summed E-state index contributed by atoms with van der Waals surface area (Å²) < 4.78 is 11.9. The van der Waals surface area contributed by atoms with Crippen molar-refractivity contribution in [2.45, 2.75) is 51.7 Å². The van der Waals surface area contributed by atoms with Gasteiger partial charge in [0, 0.05) is 38.3 Å². The SMILES string of the molecule is CCO[C@H]1OC(C(=O)NCCNc2ccc([N+](=O)[O-])cn2)=C[C@@H](C2CCCC2)[C@H]1CCCO. The Hall–Kier alpha value is -2.72. The van der Waals surface area contributed by atoms with Crippen LogP contribution in [0.2, 0.25) is 0 Å². The molecule has 182 valence electrons. The first-order valence-electron chi connectivity index (χ1n) is 11.8. The molecule has 10 heteroatoms. The van der Waals surface area contributed by atoms with Crippen LogP contribution < -0.4 is 10.6 Å². The number of nitro groups is 1. The van der Waals surface area contributed by atoms with Gasteiger partial charge >= 0.3 is 0 Å². The fraction of sp³-hybridized carbons (Fsp3) is 0.652. The molecular formula is C23H34N4O6. The zero-order chi connectivity index (χ0) is 23.6. The van der Waals surface area contributed by atoms with Gasteiger partial charge in [-0.1, -0.05) is 12.8 Å². The highest BCUT2D eigenvalue weighted by Crippen LogP contribution is 2.43. The third-order valence-electron chi connectivity index (χ3n) is 6.30. The number of nitrogens with one attached hydrogen (secondary N) is 2. The molecule has 2 aliphatic rings. The summed E-state index contributed by atoms with van der Waals surface area (Å²) in [5, 5.41) is 25.9. The Kier molecular flexibility index (Phi) is 9.44. The van der Waals surface area contributed by atoms with Crippen LogP contribution in [0.1, 0.15) is 45.4 Å². The molecule has 1 aliphatic carbocycles. The molecule has 1 fully saturated rings. The van der Waals surface area contributed by atoms with Crippen LogP contribution in [-0.4, -0.2) is 53.5 Å². The summed E-state index contributed by atoms with van der Waals surface area (Å²) in [7, 11) is 0. The summed E-state index contributed by atoms with van der Waals surface area (Å²) in [6.45, 7) is 3.26. The van der Waals surface area contributed by atoms with E-state index >= 15 is 0 Å². The minimum atomic E-state index is -0.502. The lowest BCUT2D eigenvalue weighted by molar-refractivity contribution is -0.385. The van der Waals surface area contributed by atoms with Gasteiger partial charge < -0.3 is 25.2 Å². The normalized spacial score (nSPS) is 23.0. The van der Waals surface area contributed by atoms with Crippen molar-refractivity contribution in [3.05, 3.63) is 40.3 Å². The van der Waals surface area contributed by atoms with E-state index in [4.69, 9.17) is 9.47 Å². The maximum absolute atomic E-state index is 12.8. The van der Waals surface area contributed by atoms with Crippen molar-refractivity contribution in [3.63, 3.8) is 0 Å². The highest BCUT2D eigenvalue weighted by Gasteiger charge is 2.41. The molecule has 1 amide bonds. The molecule has 2 heterocycles. The van der Waals surface area contributed by atoms with Gasteiger partial charge in [-0.15, -0.1) is 0 Å². The maximum Gasteiger partial charge on any atom is 0.287 e. The molecule has 3 N–H and O–H groups in total. The Bertz CT molecular complexity index is 810. The first kappa shape index (κ1) is 24.9. The molecule has 1 saturated carbocycles. The molecule has 1 aliphatic heterocycles. The highest BCUT2D eigenvalue weighted by atomic mass is 16.7. The maximum atomic E-state index is 12.8. The minimum Gasteiger partial charge on any atom is -0.459 e. The van der Waals surface area contributed by atoms with Crippen molar-refractivity contribution in [2.24, 2.45) is 17.8 Å². The number of carbonyl (C=O) groups is 1. The Morgan fingerprint density at radius 3 is 2.76 bits per heavy atom. The second-order valence-corrected chi connectivity index (χ2v) is 8.47. The lowest BCUT2D eigenvalue weighted by Gasteiger charge is -2.39. The van der Waals surface area contributed by atoms with Crippen molar-refractivity contribution in [2.75, 3.05) is 31.6 Å². The van der Waals surface area contributed by atoms with Crippen LogP contribution in [-0.2, 0) is 14.3 Å². The second-order valence-electron chi connectivity index (χ2n) is 8.47. The first-order chi connectivity index (χ1) is 16.0. The molecule has 3 atom stereocenters. The largest absolute Gasteiger partial charge is 0.459 e. The van der Waals surface area contributed by atoms with Gasteiger partial charge in [0.05, 0.1) is 4.92 Å². The Morgan fingerprint density at radius 1 is 1.33 bits per heavy atom. The number of carbonyl (C=O) groups excluding carboxylic acids is 1. The average molecular weight is 463 g/mol. The van der Waals surface area contributed by atoms with Gasteiger partial charge in [0.25, 0.3) is 11.6 Å². The topological polar surface area (TPSA) is 136 Å². The molecule has 1 aromatic rings. The van der Waals surface area contributed by atoms with Gasteiger partial charge in [-0.05, 0) is 56.6 Å². The van der Waals surface area contributed by atoms with E-state index in [0.717, 1.165) is 19.3 Å². The predicted molar refractivity (Wildman–Crippen MR) is 122 cm³/mol. The van der Waals surface area contributed by atoms with E-state index in [-0.39, 0.29) is 30.0 Å². The first-order valence-corrected chi connectivity index (χ1v) is 11.8. The third-order valence-corrected chi connectivity index (χ3v) is 6.30. The van der Waals surface area contributed by atoms with E-state index < -0.39 is 11.2 Å². The van der Waals surface area contributed by atoms with Gasteiger partial charge in [-0.2, -0.15) is 0 Å². The summed E-state index contributed by atoms with van der Waals surface area (Å²) >= 11 is 0. The van der Waals surface area contributed by atoms with Crippen molar-refractivity contribution in [1.82, 2.24) is 10.3 Å². The number of allylic oxidation sites excluding steroid dienone is 1. The molecule has 0 aromatic carbocycles. The number of hydrogen-bond acceptors (Lipinski definition) is 8. The van der Waals surface area contributed by atoms with Crippen LogP contribution in [0.4, 0.5) is 11.5 Å². The van der Waals surface area contributed by atoms with Crippen molar-refractivity contribution < 1.29 is 24.3 Å². The number of aromatic nitrogens is 1. The van der Waals surface area contributed by atoms with E-state index in [9.17, 15) is 20.0 Å². The summed E-state index contributed by atoms with van der Waals surface area (Å²) in [6.07, 6.45) is 8.80. The number of ether oxygens (including phenoxy) is 2. The summed E-state index contributed by atoms with van der Waals surface area (Å²) in [5.74, 6) is 1.30. The molecule has 10 nitrogen and oxygen atoms in total. The fourth-order valence-corrected chi connectivity index (χ4v) is 4.72. The average Bonchev–Trinajstić information content (AvgIpc) is 3.36. The number of aliphatic hydroxyl groups is 1. The molecule has 0 bridgehead atoms. The van der Waals surface area contributed by atoms with Gasteiger partial charge in [0.2, 0.25) is 6.29 Å². The number of rotatable bonds is 12. The Balaban J connectivity index is 1.59. The molecule has 33 heavy (non-hydrogen) atoms. The summed E-state index contributed by atoms with van der Waals surface area (Å²) in [5.41, 5.74) is -0.0757. The molecule has 0 unspecified atom stereocenters. The molecule has 0 radical (unpaired) electrons. The fourth-order valence-electron chi connectivity index (χ4n) is 4.72. The molecular weight excluding hydrogens is 428 g/mol. The van der Waals surface area contributed by atoms with E-state index in [0.29, 0.717) is 43.6 Å². The molecule has 0 spiro atoms. The van der Waals surface area contributed by atoms with E-state index in [2.05, 4.69) is 15.6 Å². The quantitative estimate of drug-likeness (QED) is 0.245. The predicted octanol–water partition coefficient (Wildman–Crippen LogP) is 2.99. The van der Waals surface area contributed by atoms with Crippen LogP contribution >= 0.6 is 0 Å². The van der Waals surface area contributed by atoms with E-state index in [1.807, 2.05) is 13.0 Å². The zero-order valence-electron chi connectivity index (χ0n) is 19.1. The minimum absolute atomic E-state index is 0.0757. The number of pyridine rings is 1. The van der Waals surface area contributed by atoms with Crippen molar-refractivity contribution in [1.29, 1.82) is 0 Å². The van der Waals surface area contributed by atoms with Crippen molar-refractivity contribution in [3.8, 4) is 0 Å².